The van der Waals surface area contributed by atoms with Crippen LogP contribution < -0.4 is 10.1 Å². The van der Waals surface area contributed by atoms with Crippen molar-refractivity contribution >= 4 is 17.7 Å². The molecule has 33 heavy (non-hydrogen) atoms. The zero-order valence-corrected chi connectivity index (χ0v) is 18.2. The quantitative estimate of drug-likeness (QED) is 0.582. The molecule has 2 aliphatic rings. The number of rotatable bonds is 6. The first-order valence-electron chi connectivity index (χ1n) is 10.8. The van der Waals surface area contributed by atoms with Crippen LogP contribution in [-0.2, 0) is 29.3 Å². The molecule has 2 aliphatic heterocycles. The number of nitrogens with zero attached hydrogens (tertiary/aromatic N) is 4. The minimum absolute atomic E-state index is 0.205. The molecular formula is C24H23N5O4. The van der Waals surface area contributed by atoms with E-state index in [1.165, 1.54) is 10.5 Å². The van der Waals surface area contributed by atoms with Gasteiger partial charge in [-0.1, -0.05) is 41.1 Å². The lowest BCUT2D eigenvalue weighted by Gasteiger charge is -2.29. The first-order chi connectivity index (χ1) is 16.0. The van der Waals surface area contributed by atoms with Gasteiger partial charge in [0.25, 0.3) is 5.91 Å². The summed E-state index contributed by atoms with van der Waals surface area (Å²) in [5.74, 6) is -0.391. The first kappa shape index (κ1) is 20.9. The number of carbonyl (C=O) groups is 3. The Balaban J connectivity index is 1.27. The number of carbonyl (C=O) groups excluding carboxylic acids is 3. The molecule has 0 radical (unpaired) electrons. The average molecular weight is 445 g/mol. The maximum Gasteiger partial charge on any atom is 0.255 e. The van der Waals surface area contributed by atoms with Gasteiger partial charge in [0.2, 0.25) is 11.8 Å². The third kappa shape index (κ3) is 4.21. The number of aromatic nitrogens is 3. The van der Waals surface area contributed by atoms with Gasteiger partial charge in [0.05, 0.1) is 19.3 Å². The third-order valence-electron chi connectivity index (χ3n) is 5.93. The second kappa shape index (κ2) is 8.50. The Bertz CT molecular complexity index is 1250. The van der Waals surface area contributed by atoms with Crippen molar-refractivity contribution in [3.05, 3.63) is 76.6 Å². The summed E-state index contributed by atoms with van der Waals surface area (Å²) in [6, 6.07) is 12.9. The minimum Gasteiger partial charge on any atom is -0.487 e. The van der Waals surface area contributed by atoms with Crippen molar-refractivity contribution in [2.45, 2.75) is 45.5 Å². The van der Waals surface area contributed by atoms with Gasteiger partial charge >= 0.3 is 0 Å². The van der Waals surface area contributed by atoms with Gasteiger partial charge in [-0.3, -0.25) is 19.7 Å². The number of piperidine rings is 1. The number of aryl methyl sites for hydroxylation is 1. The summed E-state index contributed by atoms with van der Waals surface area (Å²) in [5.41, 5.74) is 4.25. The monoisotopic (exact) mass is 445 g/mol. The van der Waals surface area contributed by atoms with Crippen LogP contribution >= 0.6 is 0 Å². The molecule has 1 fully saturated rings. The summed E-state index contributed by atoms with van der Waals surface area (Å²) in [6.45, 7) is 3.13. The van der Waals surface area contributed by atoms with Crippen molar-refractivity contribution in [2.75, 3.05) is 0 Å². The lowest BCUT2D eigenvalue weighted by Crippen LogP contribution is -2.52. The van der Waals surface area contributed by atoms with E-state index in [-0.39, 0.29) is 31.4 Å². The molecule has 9 heteroatoms. The van der Waals surface area contributed by atoms with Crippen molar-refractivity contribution in [3.63, 3.8) is 0 Å². The molecule has 0 saturated carbocycles. The number of hydrogen-bond donors (Lipinski definition) is 1. The molecule has 0 aliphatic carbocycles. The van der Waals surface area contributed by atoms with Gasteiger partial charge in [-0.05, 0) is 31.0 Å². The summed E-state index contributed by atoms with van der Waals surface area (Å²) >= 11 is 0. The van der Waals surface area contributed by atoms with Crippen LogP contribution in [0, 0.1) is 6.92 Å². The van der Waals surface area contributed by atoms with Crippen LogP contribution in [0.25, 0.3) is 0 Å². The zero-order chi connectivity index (χ0) is 22.9. The van der Waals surface area contributed by atoms with E-state index < -0.39 is 11.9 Å². The Morgan fingerprint density at radius 1 is 1.15 bits per heavy atom. The van der Waals surface area contributed by atoms with E-state index in [4.69, 9.17) is 4.74 Å². The fourth-order valence-electron chi connectivity index (χ4n) is 4.32. The maximum atomic E-state index is 12.9. The van der Waals surface area contributed by atoms with Gasteiger partial charge < -0.3 is 9.64 Å². The summed E-state index contributed by atoms with van der Waals surface area (Å²) in [6.07, 6.45) is 2.38. The summed E-state index contributed by atoms with van der Waals surface area (Å²) < 4.78 is 7.76. The van der Waals surface area contributed by atoms with Gasteiger partial charge in [-0.2, -0.15) is 0 Å². The summed E-state index contributed by atoms with van der Waals surface area (Å²) in [4.78, 5) is 38.2. The third-order valence-corrected chi connectivity index (χ3v) is 5.93. The number of imide groups is 1. The Labute approximate surface area is 190 Å². The topological polar surface area (TPSA) is 106 Å². The van der Waals surface area contributed by atoms with E-state index >= 15 is 0 Å². The summed E-state index contributed by atoms with van der Waals surface area (Å²) in [7, 11) is 0. The summed E-state index contributed by atoms with van der Waals surface area (Å²) in [5, 5.41) is 10.7. The Morgan fingerprint density at radius 3 is 2.82 bits per heavy atom. The van der Waals surface area contributed by atoms with Gasteiger partial charge in [0.1, 0.15) is 24.1 Å². The van der Waals surface area contributed by atoms with Crippen LogP contribution in [0.15, 0.2) is 48.7 Å². The van der Waals surface area contributed by atoms with E-state index in [1.54, 1.807) is 22.9 Å². The van der Waals surface area contributed by atoms with Crippen molar-refractivity contribution in [1.29, 1.82) is 0 Å². The van der Waals surface area contributed by atoms with Crippen LogP contribution in [-0.4, -0.2) is 43.7 Å². The van der Waals surface area contributed by atoms with E-state index in [0.717, 1.165) is 11.1 Å². The molecule has 3 amide bonds. The van der Waals surface area contributed by atoms with E-state index in [0.29, 0.717) is 30.0 Å². The standard InChI is InChI=1S/C24H23N5O4/c1-15-4-2-5-16(10-15)11-28-12-17(26-27-28)14-33-21-7-3-6-18-19(21)13-29(24(18)32)20-8-9-22(30)25-23(20)31/h2-7,10,12,20H,8-9,11,13-14H2,1H3,(H,25,30,31). The SMILES string of the molecule is Cc1cccc(Cn2cc(COc3cccc4c3CN(C3CCC(=O)NC3=O)C4=O)nn2)c1. The second-order valence-electron chi connectivity index (χ2n) is 8.37. The number of amides is 3. The molecule has 168 valence electrons. The van der Waals surface area contributed by atoms with Crippen LogP contribution in [0.5, 0.6) is 5.75 Å². The van der Waals surface area contributed by atoms with Crippen LogP contribution in [0.4, 0.5) is 0 Å². The number of benzene rings is 2. The average Bonchev–Trinajstić information content (AvgIpc) is 3.37. The molecule has 1 saturated heterocycles. The predicted octanol–water partition coefficient (Wildman–Crippen LogP) is 1.97. The molecule has 2 aromatic carbocycles. The highest BCUT2D eigenvalue weighted by Gasteiger charge is 2.40. The van der Waals surface area contributed by atoms with Crippen molar-refractivity contribution < 1.29 is 19.1 Å². The number of fused-ring (bicyclic) bond motifs is 1. The normalized spacial score (nSPS) is 17.8. The van der Waals surface area contributed by atoms with E-state index in [9.17, 15) is 14.4 Å². The zero-order valence-electron chi connectivity index (χ0n) is 18.2. The smallest absolute Gasteiger partial charge is 0.255 e. The molecule has 3 aromatic rings. The van der Waals surface area contributed by atoms with Crippen molar-refractivity contribution in [3.8, 4) is 5.75 Å². The minimum atomic E-state index is -0.656. The number of nitrogens with one attached hydrogen (secondary N) is 1. The number of hydrogen-bond acceptors (Lipinski definition) is 6. The van der Waals surface area contributed by atoms with E-state index in [1.807, 2.05) is 18.3 Å². The molecule has 5 rings (SSSR count). The highest BCUT2D eigenvalue weighted by Crippen LogP contribution is 2.33. The van der Waals surface area contributed by atoms with Crippen LogP contribution in [0.3, 0.4) is 0 Å². The predicted molar refractivity (Wildman–Crippen MR) is 117 cm³/mol. The molecule has 0 spiro atoms. The largest absolute Gasteiger partial charge is 0.487 e. The molecular weight excluding hydrogens is 422 g/mol. The highest BCUT2D eigenvalue weighted by atomic mass is 16.5. The van der Waals surface area contributed by atoms with Crippen molar-refractivity contribution in [1.82, 2.24) is 25.2 Å². The lowest BCUT2D eigenvalue weighted by atomic mass is 10.0. The van der Waals surface area contributed by atoms with Crippen molar-refractivity contribution in [2.24, 2.45) is 0 Å². The van der Waals surface area contributed by atoms with Gasteiger partial charge in [0, 0.05) is 17.5 Å². The lowest BCUT2D eigenvalue weighted by molar-refractivity contribution is -0.136. The fourth-order valence-corrected chi connectivity index (χ4v) is 4.32. The molecule has 1 N–H and O–H groups in total. The van der Waals surface area contributed by atoms with E-state index in [2.05, 4.69) is 34.7 Å². The molecule has 1 aromatic heterocycles. The van der Waals surface area contributed by atoms with Gasteiger partial charge in [-0.15, -0.1) is 5.10 Å². The van der Waals surface area contributed by atoms with Crippen LogP contribution in [0.2, 0.25) is 0 Å². The second-order valence-corrected chi connectivity index (χ2v) is 8.37. The van der Waals surface area contributed by atoms with Gasteiger partial charge in [-0.25, -0.2) is 4.68 Å². The highest BCUT2D eigenvalue weighted by molar-refractivity contribution is 6.05. The molecule has 1 atom stereocenters. The fraction of sp³-hybridized carbons (Fsp3) is 0.292. The Hall–Kier alpha value is -4.01. The van der Waals surface area contributed by atoms with Crippen LogP contribution in [0.1, 0.15) is 45.6 Å². The molecule has 1 unspecified atom stereocenters. The van der Waals surface area contributed by atoms with Gasteiger partial charge in [0.15, 0.2) is 0 Å². The molecule has 0 bridgehead atoms. The number of ether oxygens (including phenoxy) is 1. The molecule has 3 heterocycles. The Morgan fingerprint density at radius 2 is 2.00 bits per heavy atom. The Kier molecular flexibility index (Phi) is 5.37. The first-order valence-corrected chi connectivity index (χ1v) is 10.8. The maximum absolute atomic E-state index is 12.9. The molecule has 9 nitrogen and oxygen atoms in total.